The lowest BCUT2D eigenvalue weighted by atomic mass is 10.1. The maximum Gasteiger partial charge on any atom is 0.259 e. The van der Waals surface area contributed by atoms with Crippen LogP contribution < -0.4 is 4.90 Å². The Morgan fingerprint density at radius 3 is 2.52 bits per heavy atom. The van der Waals surface area contributed by atoms with Gasteiger partial charge in [-0.15, -0.1) is 0 Å². The van der Waals surface area contributed by atoms with Gasteiger partial charge in [0.15, 0.2) is 0 Å². The van der Waals surface area contributed by atoms with E-state index in [1.807, 2.05) is 43.3 Å². The predicted octanol–water partition coefficient (Wildman–Crippen LogP) is 2.62. The Hall–Kier alpha value is -2.57. The third kappa shape index (κ3) is 3.31. The molecule has 21 heavy (non-hydrogen) atoms. The quantitative estimate of drug-likeness (QED) is 0.858. The Balaban J connectivity index is 2.39. The summed E-state index contributed by atoms with van der Waals surface area (Å²) in [7, 11) is 1.75. The van der Waals surface area contributed by atoms with Gasteiger partial charge in [-0.05, 0) is 30.7 Å². The molecule has 0 aromatic heterocycles. The van der Waals surface area contributed by atoms with Crippen molar-refractivity contribution in [2.24, 2.45) is 0 Å². The number of carbonyl (C=O) groups excluding carboxylic acids is 1. The molecule has 0 unspecified atom stereocenters. The van der Waals surface area contributed by atoms with E-state index in [0.717, 1.165) is 11.3 Å². The average Bonchev–Trinajstić information content (AvgIpc) is 2.52. The van der Waals surface area contributed by atoms with Gasteiger partial charge in [0.2, 0.25) is 0 Å². The van der Waals surface area contributed by atoms with Gasteiger partial charge in [-0.25, -0.2) is 0 Å². The molecule has 3 heteroatoms. The lowest BCUT2D eigenvalue weighted by Gasteiger charge is -2.20. The topological polar surface area (TPSA) is 40.5 Å². The molecule has 0 aliphatic rings. The number of aryl methyl sites for hydroxylation is 1. The fourth-order valence-corrected chi connectivity index (χ4v) is 2.14. The summed E-state index contributed by atoms with van der Waals surface area (Å²) >= 11 is 0. The van der Waals surface area contributed by atoms with Gasteiger partial charge in [0.05, 0.1) is 5.56 Å². The van der Waals surface area contributed by atoms with Crippen molar-refractivity contribution in [1.82, 2.24) is 0 Å². The molecule has 0 aliphatic heterocycles. The zero-order valence-corrected chi connectivity index (χ0v) is 12.1. The monoisotopic (exact) mass is 279 g/mol. The van der Waals surface area contributed by atoms with E-state index in [0.29, 0.717) is 11.1 Å². The van der Waals surface area contributed by atoms with Crippen molar-refractivity contribution in [3.63, 3.8) is 0 Å². The van der Waals surface area contributed by atoms with Gasteiger partial charge in [0.1, 0.15) is 6.61 Å². The maximum absolute atomic E-state index is 12.7. The predicted molar refractivity (Wildman–Crippen MR) is 84.3 cm³/mol. The van der Waals surface area contributed by atoms with Crippen LogP contribution in [0.5, 0.6) is 0 Å². The molecular weight excluding hydrogens is 262 g/mol. The van der Waals surface area contributed by atoms with Crippen molar-refractivity contribution in [3.05, 3.63) is 65.2 Å². The van der Waals surface area contributed by atoms with E-state index in [1.54, 1.807) is 24.1 Å². The van der Waals surface area contributed by atoms with Crippen molar-refractivity contribution in [2.75, 3.05) is 18.6 Å². The number of aliphatic hydroxyl groups is 1. The second kappa shape index (κ2) is 6.74. The Bertz CT molecular complexity index is 710. The molecule has 3 nitrogen and oxygen atoms in total. The lowest BCUT2D eigenvalue weighted by Crippen LogP contribution is -2.27. The van der Waals surface area contributed by atoms with Crippen LogP contribution in [0.3, 0.4) is 0 Å². The molecule has 106 valence electrons. The molecule has 1 N–H and O–H groups in total. The third-order valence-corrected chi connectivity index (χ3v) is 3.24. The first-order chi connectivity index (χ1) is 10.1. The number of amides is 1. The Morgan fingerprint density at radius 1 is 1.14 bits per heavy atom. The van der Waals surface area contributed by atoms with Crippen molar-refractivity contribution < 1.29 is 9.90 Å². The number of rotatable bonds is 2. The molecule has 2 aromatic carbocycles. The van der Waals surface area contributed by atoms with Gasteiger partial charge in [-0.1, -0.05) is 42.2 Å². The van der Waals surface area contributed by atoms with E-state index in [9.17, 15) is 4.79 Å². The van der Waals surface area contributed by atoms with Crippen molar-refractivity contribution in [3.8, 4) is 11.8 Å². The summed E-state index contributed by atoms with van der Waals surface area (Å²) in [6, 6.07) is 14.9. The fraction of sp³-hybridized carbons (Fsp3) is 0.167. The second-order valence-corrected chi connectivity index (χ2v) is 4.66. The van der Waals surface area contributed by atoms with Crippen LogP contribution in [0.4, 0.5) is 5.69 Å². The Kier molecular flexibility index (Phi) is 4.76. The van der Waals surface area contributed by atoms with E-state index < -0.39 is 0 Å². The molecule has 1 amide bonds. The molecule has 0 radical (unpaired) electrons. The summed E-state index contributed by atoms with van der Waals surface area (Å²) in [4.78, 5) is 14.3. The Morgan fingerprint density at radius 2 is 1.81 bits per heavy atom. The summed E-state index contributed by atoms with van der Waals surface area (Å²) < 4.78 is 0. The SMILES string of the molecule is Cc1ccccc1N(C)C(=O)c1ccccc1C#CCO. The van der Waals surface area contributed by atoms with Crippen LogP contribution >= 0.6 is 0 Å². The van der Waals surface area contributed by atoms with Crippen molar-refractivity contribution >= 4 is 11.6 Å². The van der Waals surface area contributed by atoms with Crippen LogP contribution in [0.25, 0.3) is 0 Å². The average molecular weight is 279 g/mol. The number of aliphatic hydroxyl groups excluding tert-OH is 1. The zero-order valence-electron chi connectivity index (χ0n) is 12.1. The van der Waals surface area contributed by atoms with E-state index >= 15 is 0 Å². The Labute approximate surface area is 124 Å². The van der Waals surface area contributed by atoms with E-state index in [-0.39, 0.29) is 12.5 Å². The summed E-state index contributed by atoms with van der Waals surface area (Å²) in [6.45, 7) is 1.74. The number of carbonyl (C=O) groups is 1. The maximum atomic E-state index is 12.7. The van der Waals surface area contributed by atoms with Gasteiger partial charge in [-0.2, -0.15) is 0 Å². The number of anilines is 1. The zero-order chi connectivity index (χ0) is 15.2. The second-order valence-electron chi connectivity index (χ2n) is 4.66. The largest absolute Gasteiger partial charge is 0.384 e. The van der Waals surface area contributed by atoms with E-state index in [4.69, 9.17) is 5.11 Å². The summed E-state index contributed by atoms with van der Waals surface area (Å²) in [5.74, 6) is 5.28. The molecule has 0 heterocycles. The molecule has 0 atom stereocenters. The normalized spacial score (nSPS) is 9.67. The molecule has 0 aliphatic carbocycles. The highest BCUT2D eigenvalue weighted by Crippen LogP contribution is 2.21. The van der Waals surface area contributed by atoms with Crippen LogP contribution in [-0.4, -0.2) is 24.7 Å². The van der Waals surface area contributed by atoms with Gasteiger partial charge < -0.3 is 10.0 Å². The summed E-state index contributed by atoms with van der Waals surface area (Å²) in [5.41, 5.74) is 3.06. The highest BCUT2D eigenvalue weighted by molar-refractivity contribution is 6.07. The van der Waals surface area contributed by atoms with E-state index in [1.165, 1.54) is 0 Å². The third-order valence-electron chi connectivity index (χ3n) is 3.24. The highest BCUT2D eigenvalue weighted by atomic mass is 16.2. The van der Waals surface area contributed by atoms with Crippen LogP contribution in [-0.2, 0) is 0 Å². The molecule has 0 bridgehead atoms. The first-order valence-electron chi connectivity index (χ1n) is 6.67. The number of para-hydroxylation sites is 1. The molecule has 0 fully saturated rings. The van der Waals surface area contributed by atoms with Gasteiger partial charge in [0, 0.05) is 18.3 Å². The van der Waals surface area contributed by atoms with E-state index in [2.05, 4.69) is 11.8 Å². The number of nitrogens with zero attached hydrogens (tertiary/aromatic N) is 1. The first kappa shape index (κ1) is 14.8. The van der Waals surface area contributed by atoms with Crippen molar-refractivity contribution in [2.45, 2.75) is 6.92 Å². The van der Waals surface area contributed by atoms with Gasteiger partial charge in [0.25, 0.3) is 5.91 Å². The standard InChI is InChI=1S/C18H17NO2/c1-14-8-3-6-12-17(14)19(2)18(21)16-11-5-4-9-15(16)10-7-13-20/h3-6,8-9,11-12,20H,13H2,1-2H3. The van der Waals surface area contributed by atoms with Crippen LogP contribution in [0.2, 0.25) is 0 Å². The summed E-state index contributed by atoms with van der Waals surface area (Å²) in [5, 5.41) is 8.81. The minimum atomic E-state index is -0.226. The highest BCUT2D eigenvalue weighted by Gasteiger charge is 2.17. The number of hydrogen-bond donors (Lipinski definition) is 1. The van der Waals surface area contributed by atoms with Gasteiger partial charge >= 0.3 is 0 Å². The molecule has 0 saturated heterocycles. The molecule has 2 aromatic rings. The number of benzene rings is 2. The molecule has 2 rings (SSSR count). The van der Waals surface area contributed by atoms with Crippen LogP contribution in [0, 0.1) is 18.8 Å². The minimum Gasteiger partial charge on any atom is -0.384 e. The molecule has 0 spiro atoms. The first-order valence-corrected chi connectivity index (χ1v) is 6.67. The van der Waals surface area contributed by atoms with Crippen LogP contribution in [0.1, 0.15) is 21.5 Å². The summed E-state index contributed by atoms with van der Waals surface area (Å²) in [6.07, 6.45) is 0. The molecule has 0 saturated carbocycles. The van der Waals surface area contributed by atoms with Gasteiger partial charge in [-0.3, -0.25) is 4.79 Å². The minimum absolute atomic E-state index is 0.118. The lowest BCUT2D eigenvalue weighted by molar-refractivity contribution is 0.0992. The van der Waals surface area contributed by atoms with Crippen molar-refractivity contribution in [1.29, 1.82) is 0 Å². The fourth-order valence-electron chi connectivity index (χ4n) is 2.14. The smallest absolute Gasteiger partial charge is 0.259 e. The molecular formula is C18H17NO2. The van der Waals surface area contributed by atoms with Crippen LogP contribution in [0.15, 0.2) is 48.5 Å². The number of hydrogen-bond acceptors (Lipinski definition) is 2.